The number of hydrogen-bond acceptors (Lipinski definition) is 3. The lowest BCUT2D eigenvalue weighted by Crippen LogP contribution is -2.27. The largest absolute Gasteiger partial charge is 0.497 e. The van der Waals surface area contributed by atoms with E-state index >= 15 is 0 Å². The molecule has 4 heteroatoms. The van der Waals surface area contributed by atoms with E-state index in [1.54, 1.807) is 32.4 Å². The van der Waals surface area contributed by atoms with Gasteiger partial charge in [-0.05, 0) is 30.5 Å². The minimum Gasteiger partial charge on any atom is -0.497 e. The number of amides is 1. The first-order valence-corrected chi connectivity index (χ1v) is 8.32. The maximum absolute atomic E-state index is 12.0. The van der Waals surface area contributed by atoms with E-state index in [4.69, 9.17) is 9.47 Å². The molecule has 128 valence electrons. The molecule has 1 N–H and O–H groups in total. The van der Waals surface area contributed by atoms with E-state index in [9.17, 15) is 4.79 Å². The molecule has 0 bridgehead atoms. The van der Waals surface area contributed by atoms with Gasteiger partial charge < -0.3 is 14.8 Å². The average Bonchev–Trinajstić information content (AvgIpc) is 2.59. The molecule has 0 unspecified atom stereocenters. The number of nitrogens with one attached hydrogen (secondary N) is 1. The summed E-state index contributed by atoms with van der Waals surface area (Å²) in [5.41, 5.74) is 0.849. The van der Waals surface area contributed by atoms with Crippen LogP contribution in [-0.2, 0) is 4.79 Å². The summed E-state index contributed by atoms with van der Waals surface area (Å²) in [6.45, 7) is 5.10. The molecule has 0 spiro atoms. The molecular formula is C19H29NO3. The van der Waals surface area contributed by atoms with Crippen molar-refractivity contribution in [3.05, 3.63) is 29.8 Å². The van der Waals surface area contributed by atoms with E-state index in [0.29, 0.717) is 11.7 Å². The van der Waals surface area contributed by atoms with Gasteiger partial charge >= 0.3 is 0 Å². The normalized spacial score (nSPS) is 12.2. The summed E-state index contributed by atoms with van der Waals surface area (Å²) in [7, 11) is 3.21. The fraction of sp³-hybridized carbons (Fsp3) is 0.526. The molecule has 0 heterocycles. The predicted octanol–water partition coefficient (Wildman–Crippen LogP) is 4.05. The van der Waals surface area contributed by atoms with Crippen LogP contribution in [0.2, 0.25) is 0 Å². The van der Waals surface area contributed by atoms with Crippen molar-refractivity contribution in [2.45, 2.75) is 39.5 Å². The monoisotopic (exact) mass is 319 g/mol. The van der Waals surface area contributed by atoms with Gasteiger partial charge in [0.25, 0.3) is 0 Å². The third-order valence-electron chi connectivity index (χ3n) is 3.96. The fourth-order valence-corrected chi connectivity index (χ4v) is 2.37. The maximum atomic E-state index is 12.0. The standard InChI is InChI=1S/C19H29NO3/c1-5-7-8-15(6-2)14-20-19(21)12-10-16-9-11-17(22-3)13-18(16)23-4/h9-13,15H,5-8,14H2,1-4H3,(H,20,21)/b12-10+/t15-/m1/s1. The van der Waals surface area contributed by atoms with Gasteiger partial charge in [-0.25, -0.2) is 0 Å². The summed E-state index contributed by atoms with van der Waals surface area (Å²) in [6.07, 6.45) is 7.99. The topological polar surface area (TPSA) is 47.6 Å². The molecule has 1 rings (SSSR count). The lowest BCUT2D eigenvalue weighted by atomic mass is 9.99. The zero-order valence-electron chi connectivity index (χ0n) is 14.7. The SMILES string of the molecule is CCCC[C@@H](CC)CNC(=O)/C=C/c1ccc(OC)cc1OC. The number of hydrogen-bond donors (Lipinski definition) is 1. The van der Waals surface area contributed by atoms with Crippen molar-refractivity contribution < 1.29 is 14.3 Å². The van der Waals surface area contributed by atoms with E-state index in [1.807, 2.05) is 12.1 Å². The van der Waals surface area contributed by atoms with Gasteiger partial charge in [-0.15, -0.1) is 0 Å². The Bertz CT molecular complexity index is 511. The Hall–Kier alpha value is -1.97. The molecule has 0 saturated carbocycles. The Balaban J connectivity index is 2.58. The van der Waals surface area contributed by atoms with E-state index in [1.165, 1.54) is 19.3 Å². The van der Waals surface area contributed by atoms with Crippen LogP contribution < -0.4 is 14.8 Å². The second-order valence-electron chi connectivity index (χ2n) is 5.60. The fourth-order valence-electron chi connectivity index (χ4n) is 2.37. The highest BCUT2D eigenvalue weighted by molar-refractivity contribution is 5.92. The minimum atomic E-state index is -0.0715. The first kappa shape index (κ1) is 19.1. The summed E-state index contributed by atoms with van der Waals surface area (Å²) in [6, 6.07) is 5.52. The van der Waals surface area contributed by atoms with E-state index in [-0.39, 0.29) is 5.91 Å². The van der Waals surface area contributed by atoms with Gasteiger partial charge in [-0.3, -0.25) is 4.79 Å². The van der Waals surface area contributed by atoms with Gasteiger partial charge in [-0.1, -0.05) is 33.1 Å². The molecular weight excluding hydrogens is 290 g/mol. The molecule has 0 radical (unpaired) electrons. The Kier molecular flexibility index (Phi) is 8.88. The smallest absolute Gasteiger partial charge is 0.244 e. The van der Waals surface area contributed by atoms with Gasteiger partial charge in [0, 0.05) is 24.3 Å². The van der Waals surface area contributed by atoms with Crippen LogP contribution in [0.4, 0.5) is 0 Å². The number of methoxy groups -OCH3 is 2. The van der Waals surface area contributed by atoms with Crippen molar-refractivity contribution in [3.8, 4) is 11.5 Å². The number of ether oxygens (including phenoxy) is 2. The van der Waals surface area contributed by atoms with Gasteiger partial charge in [-0.2, -0.15) is 0 Å². The van der Waals surface area contributed by atoms with E-state index in [2.05, 4.69) is 19.2 Å². The van der Waals surface area contributed by atoms with Crippen LogP contribution in [0.25, 0.3) is 6.08 Å². The third kappa shape index (κ3) is 6.76. The van der Waals surface area contributed by atoms with Crippen LogP contribution >= 0.6 is 0 Å². The van der Waals surface area contributed by atoms with Crippen molar-refractivity contribution in [1.82, 2.24) is 5.32 Å². The van der Waals surface area contributed by atoms with Gasteiger partial charge in [0.1, 0.15) is 11.5 Å². The highest BCUT2D eigenvalue weighted by atomic mass is 16.5. The van der Waals surface area contributed by atoms with Gasteiger partial charge in [0.05, 0.1) is 14.2 Å². The highest BCUT2D eigenvalue weighted by Crippen LogP contribution is 2.25. The number of carbonyl (C=O) groups excluding carboxylic acids is 1. The highest BCUT2D eigenvalue weighted by Gasteiger charge is 2.07. The van der Waals surface area contributed by atoms with Crippen molar-refractivity contribution in [1.29, 1.82) is 0 Å². The van der Waals surface area contributed by atoms with Crippen molar-refractivity contribution in [3.63, 3.8) is 0 Å². The molecule has 1 aromatic carbocycles. The summed E-state index contributed by atoms with van der Waals surface area (Å²) in [5.74, 6) is 1.90. The molecule has 0 fully saturated rings. The number of unbranched alkanes of at least 4 members (excludes halogenated alkanes) is 1. The zero-order valence-corrected chi connectivity index (χ0v) is 14.7. The summed E-state index contributed by atoms with van der Waals surface area (Å²) < 4.78 is 10.5. The quantitative estimate of drug-likeness (QED) is 0.662. The Morgan fingerprint density at radius 3 is 2.65 bits per heavy atom. The zero-order chi connectivity index (χ0) is 17.1. The molecule has 1 amide bonds. The third-order valence-corrected chi connectivity index (χ3v) is 3.96. The first-order valence-electron chi connectivity index (χ1n) is 8.32. The second kappa shape index (κ2) is 10.7. The van der Waals surface area contributed by atoms with Crippen molar-refractivity contribution in [2.75, 3.05) is 20.8 Å². The van der Waals surface area contributed by atoms with Crippen LogP contribution in [0.15, 0.2) is 24.3 Å². The van der Waals surface area contributed by atoms with Crippen LogP contribution in [0, 0.1) is 5.92 Å². The molecule has 1 atom stereocenters. The molecule has 4 nitrogen and oxygen atoms in total. The van der Waals surface area contributed by atoms with E-state index < -0.39 is 0 Å². The lowest BCUT2D eigenvalue weighted by Gasteiger charge is -2.14. The number of benzene rings is 1. The Morgan fingerprint density at radius 1 is 1.26 bits per heavy atom. The second-order valence-corrected chi connectivity index (χ2v) is 5.60. The molecule has 23 heavy (non-hydrogen) atoms. The van der Waals surface area contributed by atoms with Crippen molar-refractivity contribution >= 4 is 12.0 Å². The average molecular weight is 319 g/mol. The number of rotatable bonds is 10. The maximum Gasteiger partial charge on any atom is 0.244 e. The van der Waals surface area contributed by atoms with Crippen LogP contribution in [0.3, 0.4) is 0 Å². The molecule has 0 saturated heterocycles. The molecule has 0 aliphatic heterocycles. The van der Waals surface area contributed by atoms with Gasteiger partial charge in [0.15, 0.2) is 0 Å². The first-order chi connectivity index (χ1) is 11.1. The molecule has 0 aliphatic rings. The number of carbonyl (C=O) groups is 1. The summed E-state index contributed by atoms with van der Waals surface area (Å²) in [4.78, 5) is 12.0. The Morgan fingerprint density at radius 2 is 2.04 bits per heavy atom. The summed E-state index contributed by atoms with van der Waals surface area (Å²) >= 11 is 0. The lowest BCUT2D eigenvalue weighted by molar-refractivity contribution is -0.116. The van der Waals surface area contributed by atoms with E-state index in [0.717, 1.165) is 24.3 Å². The van der Waals surface area contributed by atoms with Crippen LogP contribution in [0.5, 0.6) is 11.5 Å². The minimum absolute atomic E-state index is 0.0715. The predicted molar refractivity (Wildman–Crippen MR) is 94.9 cm³/mol. The van der Waals surface area contributed by atoms with Crippen molar-refractivity contribution in [2.24, 2.45) is 5.92 Å². The summed E-state index contributed by atoms with van der Waals surface area (Å²) in [5, 5.41) is 2.98. The van der Waals surface area contributed by atoms with Crippen LogP contribution in [0.1, 0.15) is 45.1 Å². The van der Waals surface area contributed by atoms with Crippen LogP contribution in [-0.4, -0.2) is 26.7 Å². The molecule has 0 aromatic heterocycles. The molecule has 1 aromatic rings. The van der Waals surface area contributed by atoms with Gasteiger partial charge in [0.2, 0.25) is 5.91 Å². The Labute approximate surface area is 139 Å². The molecule has 0 aliphatic carbocycles.